The molecule has 2 aliphatic rings. The summed E-state index contributed by atoms with van der Waals surface area (Å²) in [7, 11) is 0. The smallest absolute Gasteiger partial charge is 0.352 e. The molecule has 2 unspecified atom stereocenters. The van der Waals surface area contributed by atoms with Gasteiger partial charge in [-0.25, -0.2) is 4.79 Å². The number of fused-ring (bicyclic) bond motifs is 1. The van der Waals surface area contributed by atoms with Crippen molar-refractivity contribution in [1.82, 2.24) is 10.2 Å². The zero-order valence-electron chi connectivity index (χ0n) is 19.0. The number of nitrogens with zero attached hydrogens (tertiary/aromatic N) is 1. The first kappa shape index (κ1) is 26.2. The van der Waals surface area contributed by atoms with Crippen molar-refractivity contribution in [2.75, 3.05) is 12.4 Å². The van der Waals surface area contributed by atoms with Crippen molar-refractivity contribution in [2.45, 2.75) is 36.6 Å². The maximum atomic E-state index is 12.7. The highest BCUT2D eigenvalue weighted by Crippen LogP contribution is 2.40. The molecule has 3 N–H and O–H groups in total. The summed E-state index contributed by atoms with van der Waals surface area (Å²) in [5.41, 5.74) is 4.00. The van der Waals surface area contributed by atoms with Gasteiger partial charge in [0, 0.05) is 24.2 Å². The molecule has 34 heavy (non-hydrogen) atoms. The van der Waals surface area contributed by atoms with Gasteiger partial charge >= 0.3 is 5.97 Å². The third-order valence-corrected chi connectivity index (χ3v) is 7.35. The van der Waals surface area contributed by atoms with Crippen molar-refractivity contribution in [2.24, 2.45) is 0 Å². The molecule has 2 aromatic carbocycles. The molecule has 1 amide bonds. The highest BCUT2D eigenvalue weighted by Gasteiger charge is 2.53. The zero-order chi connectivity index (χ0) is 24.5. The molecule has 2 atom stereocenters. The number of aliphatic carboxylic acids is 1. The molecule has 1 saturated heterocycles. The molecule has 180 valence electrons. The number of alkyl halides is 1. The second-order valence-corrected chi connectivity index (χ2v) is 9.53. The maximum Gasteiger partial charge on any atom is 0.352 e. The Bertz CT molecular complexity index is 1040. The molecule has 0 radical (unpaired) electrons. The second kappa shape index (κ2) is 12.9. The third kappa shape index (κ3) is 6.39. The first-order chi connectivity index (χ1) is 16.5. The van der Waals surface area contributed by atoms with Gasteiger partial charge in [0.2, 0.25) is 5.91 Å². The van der Waals surface area contributed by atoms with Crippen LogP contribution in [0.3, 0.4) is 0 Å². The predicted molar refractivity (Wildman–Crippen MR) is 140 cm³/mol. The fourth-order valence-corrected chi connectivity index (χ4v) is 5.29. The minimum Gasteiger partial charge on any atom is -0.477 e. The number of aliphatic hydroxyl groups excluding tert-OH is 1. The molecular formula is C26H29BrN2O4S. The average molecular weight is 545 g/mol. The Hall–Kier alpha value is -2.39. The number of carboxylic acid groups (broad SMARTS) is 1. The van der Waals surface area contributed by atoms with Gasteiger partial charge in [-0.05, 0) is 28.7 Å². The summed E-state index contributed by atoms with van der Waals surface area (Å²) in [5.74, 6) is -0.701. The van der Waals surface area contributed by atoms with Gasteiger partial charge in [0.05, 0.1) is 0 Å². The molecule has 0 aliphatic carbocycles. The van der Waals surface area contributed by atoms with Crippen LogP contribution in [0.15, 0.2) is 71.9 Å². The number of carboxylic acids is 1. The van der Waals surface area contributed by atoms with E-state index in [1.807, 2.05) is 73.7 Å². The van der Waals surface area contributed by atoms with Crippen LogP contribution in [-0.4, -0.2) is 50.8 Å². The maximum absolute atomic E-state index is 12.7. The Kier molecular flexibility index (Phi) is 9.95. The quantitative estimate of drug-likeness (QED) is 0.337. The Morgan fingerprint density at radius 1 is 1.15 bits per heavy atom. The van der Waals surface area contributed by atoms with Gasteiger partial charge in [-0.3, -0.25) is 15.0 Å². The van der Waals surface area contributed by atoms with Crippen molar-refractivity contribution in [3.05, 3.63) is 88.6 Å². The second-order valence-electron chi connectivity index (χ2n) is 7.87. The number of rotatable bonds is 8. The molecule has 0 saturated carbocycles. The number of β-lactam (4-membered cyclic amide) rings is 1. The molecule has 0 aromatic heterocycles. The Morgan fingerprint density at radius 3 is 2.41 bits per heavy atom. The van der Waals surface area contributed by atoms with E-state index in [0.29, 0.717) is 24.5 Å². The molecule has 0 spiro atoms. The monoisotopic (exact) mass is 544 g/mol. The summed E-state index contributed by atoms with van der Waals surface area (Å²) in [5, 5.41) is 21.5. The number of hydrogen-bond acceptors (Lipinski definition) is 5. The first-order valence-electron chi connectivity index (χ1n) is 11.1. The van der Waals surface area contributed by atoms with Gasteiger partial charge in [0.1, 0.15) is 17.1 Å². The van der Waals surface area contributed by atoms with Gasteiger partial charge in [-0.15, -0.1) is 11.8 Å². The Labute approximate surface area is 212 Å². The third-order valence-electron chi connectivity index (χ3n) is 5.40. The van der Waals surface area contributed by atoms with Crippen LogP contribution in [0.5, 0.6) is 0 Å². The van der Waals surface area contributed by atoms with E-state index in [4.69, 9.17) is 5.11 Å². The van der Waals surface area contributed by atoms with Crippen molar-refractivity contribution < 1.29 is 19.8 Å². The number of carbonyl (C=O) groups is 2. The summed E-state index contributed by atoms with van der Waals surface area (Å²) >= 11 is 5.02. The SMILES string of the molecule is CCCO.O=C(O)C1=C(/C=C/c2ccc(CBr)cc2)CSC2C(NCc3ccccc3)C(=O)N12. The van der Waals surface area contributed by atoms with E-state index in [-0.39, 0.29) is 23.0 Å². The van der Waals surface area contributed by atoms with Crippen LogP contribution in [0.4, 0.5) is 0 Å². The molecular weight excluding hydrogens is 516 g/mol. The van der Waals surface area contributed by atoms with Crippen LogP contribution < -0.4 is 5.32 Å². The summed E-state index contributed by atoms with van der Waals surface area (Å²) in [4.78, 5) is 26.1. The average Bonchev–Trinajstić information content (AvgIpc) is 2.88. The fourth-order valence-electron chi connectivity index (χ4n) is 3.56. The molecule has 2 aliphatic heterocycles. The molecule has 8 heteroatoms. The predicted octanol–water partition coefficient (Wildman–Crippen LogP) is 4.40. The Morgan fingerprint density at radius 2 is 1.82 bits per heavy atom. The zero-order valence-corrected chi connectivity index (χ0v) is 21.4. The number of nitrogens with one attached hydrogen (secondary N) is 1. The van der Waals surface area contributed by atoms with Crippen LogP contribution in [0.25, 0.3) is 6.08 Å². The number of aliphatic hydroxyl groups is 1. The van der Waals surface area contributed by atoms with Gasteiger partial charge in [-0.2, -0.15) is 0 Å². The van der Waals surface area contributed by atoms with E-state index in [2.05, 4.69) is 21.2 Å². The van der Waals surface area contributed by atoms with Crippen LogP contribution in [0.2, 0.25) is 0 Å². The number of benzene rings is 2. The summed E-state index contributed by atoms with van der Waals surface area (Å²) in [6.07, 6.45) is 4.58. The van der Waals surface area contributed by atoms with Crippen molar-refractivity contribution in [3.8, 4) is 0 Å². The highest BCUT2D eigenvalue weighted by atomic mass is 79.9. The number of hydrogen-bond donors (Lipinski definition) is 3. The van der Waals surface area contributed by atoms with E-state index < -0.39 is 5.97 Å². The van der Waals surface area contributed by atoms with E-state index >= 15 is 0 Å². The number of halogens is 1. The number of amides is 1. The lowest BCUT2D eigenvalue weighted by Crippen LogP contribution is -2.69. The van der Waals surface area contributed by atoms with Gasteiger partial charge in [-0.1, -0.05) is 89.6 Å². The molecule has 4 rings (SSSR count). The minimum atomic E-state index is -1.07. The van der Waals surface area contributed by atoms with E-state index in [1.54, 1.807) is 11.8 Å². The number of carbonyl (C=O) groups excluding carboxylic acids is 1. The normalized spacial score (nSPS) is 19.4. The van der Waals surface area contributed by atoms with Crippen LogP contribution >= 0.6 is 27.7 Å². The van der Waals surface area contributed by atoms with E-state index in [0.717, 1.165) is 22.9 Å². The lowest BCUT2D eigenvalue weighted by atomic mass is 10.0. The van der Waals surface area contributed by atoms with Crippen LogP contribution in [0, 0.1) is 0 Å². The summed E-state index contributed by atoms with van der Waals surface area (Å²) < 4.78 is 0. The molecule has 2 aromatic rings. The van der Waals surface area contributed by atoms with Crippen molar-refractivity contribution >= 4 is 45.6 Å². The van der Waals surface area contributed by atoms with Crippen molar-refractivity contribution in [3.63, 3.8) is 0 Å². The number of allylic oxidation sites excluding steroid dienone is 1. The van der Waals surface area contributed by atoms with Crippen LogP contribution in [-0.2, 0) is 21.5 Å². The van der Waals surface area contributed by atoms with Crippen LogP contribution in [0.1, 0.15) is 30.0 Å². The standard InChI is InChI=1S/C23H21BrN2O3S.C3H8O/c24-12-16-8-6-15(7-9-16)10-11-18-14-30-22-19(21(27)26(22)20(18)23(28)29)25-13-17-4-2-1-3-5-17;1-2-3-4/h1-11,19,22,25H,12-14H2,(H,28,29);4H,2-3H2,1H3/b11-10+;. The summed E-state index contributed by atoms with van der Waals surface area (Å²) in [6, 6.07) is 17.5. The molecule has 6 nitrogen and oxygen atoms in total. The molecule has 1 fully saturated rings. The van der Waals surface area contributed by atoms with Gasteiger partial charge < -0.3 is 10.2 Å². The fraction of sp³-hybridized carbons (Fsp3) is 0.308. The van der Waals surface area contributed by atoms with Crippen molar-refractivity contribution in [1.29, 1.82) is 0 Å². The first-order valence-corrected chi connectivity index (χ1v) is 13.3. The lowest BCUT2D eigenvalue weighted by molar-refractivity contribution is -0.149. The van der Waals surface area contributed by atoms with E-state index in [9.17, 15) is 14.7 Å². The number of thioether (sulfide) groups is 1. The Balaban J connectivity index is 0.000000751. The lowest BCUT2D eigenvalue weighted by Gasteiger charge is -2.49. The topological polar surface area (TPSA) is 89.9 Å². The minimum absolute atomic E-state index is 0.0924. The van der Waals surface area contributed by atoms with Gasteiger partial charge in [0.25, 0.3) is 0 Å². The van der Waals surface area contributed by atoms with E-state index in [1.165, 1.54) is 10.5 Å². The molecule has 0 bridgehead atoms. The molecule has 2 heterocycles. The van der Waals surface area contributed by atoms with Gasteiger partial charge in [0.15, 0.2) is 0 Å². The largest absolute Gasteiger partial charge is 0.477 e. The summed E-state index contributed by atoms with van der Waals surface area (Å²) in [6.45, 7) is 2.82. The highest BCUT2D eigenvalue weighted by molar-refractivity contribution is 9.08.